The Morgan fingerprint density at radius 3 is 2.78 bits per heavy atom. The molecule has 1 aliphatic heterocycles. The molecule has 1 fully saturated rings. The second kappa shape index (κ2) is 6.43. The molecule has 0 radical (unpaired) electrons. The number of hydrogen-bond donors (Lipinski definition) is 0. The zero-order valence-corrected chi connectivity index (χ0v) is 14.8. The summed E-state index contributed by atoms with van der Waals surface area (Å²) in [6, 6.07) is 1.78. The molecule has 0 unspecified atom stereocenters. The van der Waals surface area contributed by atoms with Gasteiger partial charge < -0.3 is 9.42 Å². The number of hydrogen-bond acceptors (Lipinski definition) is 5. The molecule has 1 saturated heterocycles. The van der Waals surface area contributed by atoms with E-state index in [4.69, 9.17) is 4.52 Å². The number of rotatable bonds is 4. The molecule has 3 heterocycles. The standard InChI is InChI=1S/C17H23N3O2S/c1-4-5-13-10-14(19-22-13)15(21)20-8-6-17(3,7-9-20)16-18-11-12(2)23-16/h10-11H,4-9H2,1-3H3. The molecule has 0 aromatic carbocycles. The molecule has 3 rings (SSSR count). The van der Waals surface area contributed by atoms with Crippen molar-refractivity contribution >= 4 is 17.2 Å². The zero-order chi connectivity index (χ0) is 16.4. The van der Waals surface area contributed by atoms with Gasteiger partial charge in [-0.1, -0.05) is 19.0 Å². The number of carbonyl (C=O) groups is 1. The molecule has 6 heteroatoms. The van der Waals surface area contributed by atoms with Gasteiger partial charge in [-0.15, -0.1) is 11.3 Å². The average molecular weight is 333 g/mol. The first-order valence-corrected chi connectivity index (χ1v) is 9.01. The van der Waals surface area contributed by atoms with E-state index < -0.39 is 0 Å². The van der Waals surface area contributed by atoms with Crippen molar-refractivity contribution in [3.63, 3.8) is 0 Å². The molecule has 2 aromatic heterocycles. The first kappa shape index (κ1) is 16.2. The monoisotopic (exact) mass is 333 g/mol. The maximum Gasteiger partial charge on any atom is 0.276 e. The van der Waals surface area contributed by atoms with E-state index in [1.165, 1.54) is 9.88 Å². The number of thiazole rings is 1. The lowest BCUT2D eigenvalue weighted by Crippen LogP contribution is -2.44. The molecule has 23 heavy (non-hydrogen) atoms. The number of piperidine rings is 1. The minimum Gasteiger partial charge on any atom is -0.361 e. The van der Waals surface area contributed by atoms with Crippen molar-refractivity contribution in [2.24, 2.45) is 0 Å². The summed E-state index contributed by atoms with van der Waals surface area (Å²) in [5, 5.41) is 5.12. The number of aromatic nitrogens is 2. The summed E-state index contributed by atoms with van der Waals surface area (Å²) in [6.45, 7) is 7.90. The number of aryl methyl sites for hydroxylation is 2. The Bertz CT molecular complexity index is 684. The smallest absolute Gasteiger partial charge is 0.276 e. The molecule has 0 spiro atoms. The summed E-state index contributed by atoms with van der Waals surface area (Å²) in [5.74, 6) is 0.768. The van der Waals surface area contributed by atoms with Crippen LogP contribution in [0.5, 0.6) is 0 Å². The molecule has 0 saturated carbocycles. The molecule has 2 aromatic rings. The van der Waals surface area contributed by atoms with Gasteiger partial charge in [0, 0.05) is 42.1 Å². The predicted molar refractivity (Wildman–Crippen MR) is 89.8 cm³/mol. The fraction of sp³-hybridized carbons (Fsp3) is 0.588. The Morgan fingerprint density at radius 2 is 2.17 bits per heavy atom. The number of likely N-dealkylation sites (tertiary alicyclic amines) is 1. The average Bonchev–Trinajstić information content (AvgIpc) is 3.17. The molecule has 1 amide bonds. The Morgan fingerprint density at radius 1 is 1.43 bits per heavy atom. The first-order valence-electron chi connectivity index (χ1n) is 8.19. The van der Waals surface area contributed by atoms with Crippen molar-refractivity contribution in [3.8, 4) is 0 Å². The Labute approximate surface area is 140 Å². The van der Waals surface area contributed by atoms with Crippen LogP contribution in [0, 0.1) is 6.92 Å². The third-order valence-corrected chi connectivity index (χ3v) is 5.79. The molecular formula is C17H23N3O2S. The van der Waals surface area contributed by atoms with Crippen LogP contribution in [0.1, 0.15) is 59.2 Å². The summed E-state index contributed by atoms with van der Waals surface area (Å²) < 4.78 is 5.22. The maximum atomic E-state index is 12.6. The van der Waals surface area contributed by atoms with Gasteiger partial charge in [0.25, 0.3) is 5.91 Å². The lowest BCUT2D eigenvalue weighted by Gasteiger charge is -2.37. The van der Waals surface area contributed by atoms with E-state index in [2.05, 4.69) is 30.9 Å². The van der Waals surface area contributed by atoms with Crippen LogP contribution in [0.2, 0.25) is 0 Å². The Balaban J connectivity index is 1.65. The summed E-state index contributed by atoms with van der Waals surface area (Å²) in [6.07, 6.45) is 5.62. The van der Waals surface area contributed by atoms with Gasteiger partial charge in [-0.25, -0.2) is 4.98 Å². The highest BCUT2D eigenvalue weighted by atomic mass is 32.1. The van der Waals surface area contributed by atoms with Crippen LogP contribution in [0.15, 0.2) is 16.8 Å². The van der Waals surface area contributed by atoms with E-state index in [1.807, 2.05) is 11.1 Å². The van der Waals surface area contributed by atoms with E-state index in [1.54, 1.807) is 17.4 Å². The van der Waals surface area contributed by atoms with Crippen molar-refractivity contribution in [3.05, 3.63) is 33.6 Å². The zero-order valence-electron chi connectivity index (χ0n) is 14.0. The fourth-order valence-electron chi connectivity index (χ4n) is 2.99. The summed E-state index contributed by atoms with van der Waals surface area (Å²) in [4.78, 5) is 20.2. The molecule has 0 N–H and O–H groups in total. The van der Waals surface area contributed by atoms with E-state index in [-0.39, 0.29) is 11.3 Å². The topological polar surface area (TPSA) is 59.2 Å². The molecule has 1 aliphatic rings. The Hall–Kier alpha value is -1.69. The minimum absolute atomic E-state index is 0.0199. The van der Waals surface area contributed by atoms with E-state index >= 15 is 0 Å². The van der Waals surface area contributed by atoms with Gasteiger partial charge in [-0.3, -0.25) is 4.79 Å². The van der Waals surface area contributed by atoms with Gasteiger partial charge in [-0.05, 0) is 26.2 Å². The first-order chi connectivity index (χ1) is 11.0. The number of amides is 1. The van der Waals surface area contributed by atoms with Crippen molar-refractivity contribution in [1.82, 2.24) is 15.0 Å². The van der Waals surface area contributed by atoms with E-state index in [0.717, 1.165) is 44.5 Å². The molecular weight excluding hydrogens is 310 g/mol. The van der Waals surface area contributed by atoms with Crippen LogP contribution in [-0.2, 0) is 11.8 Å². The number of carbonyl (C=O) groups excluding carboxylic acids is 1. The molecule has 0 bridgehead atoms. The summed E-state index contributed by atoms with van der Waals surface area (Å²) >= 11 is 1.77. The highest BCUT2D eigenvalue weighted by molar-refractivity contribution is 7.11. The van der Waals surface area contributed by atoms with Crippen LogP contribution >= 0.6 is 11.3 Å². The highest BCUT2D eigenvalue weighted by Gasteiger charge is 2.36. The second-order valence-electron chi connectivity index (χ2n) is 6.56. The van der Waals surface area contributed by atoms with Crippen LogP contribution in [0.4, 0.5) is 0 Å². The van der Waals surface area contributed by atoms with Crippen LogP contribution in [0.3, 0.4) is 0 Å². The lowest BCUT2D eigenvalue weighted by atomic mass is 9.81. The molecule has 0 aliphatic carbocycles. The maximum absolute atomic E-state index is 12.6. The van der Waals surface area contributed by atoms with Gasteiger partial charge in [0.15, 0.2) is 5.69 Å². The van der Waals surface area contributed by atoms with Crippen LogP contribution < -0.4 is 0 Å². The van der Waals surface area contributed by atoms with Crippen molar-refractivity contribution in [2.45, 2.75) is 51.9 Å². The van der Waals surface area contributed by atoms with Gasteiger partial charge in [0.1, 0.15) is 5.76 Å². The van der Waals surface area contributed by atoms with E-state index in [0.29, 0.717) is 5.69 Å². The van der Waals surface area contributed by atoms with Gasteiger partial charge in [0.2, 0.25) is 0 Å². The molecule has 0 atom stereocenters. The lowest BCUT2D eigenvalue weighted by molar-refractivity contribution is 0.0665. The van der Waals surface area contributed by atoms with Crippen LogP contribution in [0.25, 0.3) is 0 Å². The predicted octanol–water partition coefficient (Wildman–Crippen LogP) is 3.59. The fourth-order valence-corrected chi connectivity index (χ4v) is 3.96. The van der Waals surface area contributed by atoms with Crippen LogP contribution in [-0.4, -0.2) is 34.0 Å². The third kappa shape index (κ3) is 3.32. The van der Waals surface area contributed by atoms with Crippen molar-refractivity contribution < 1.29 is 9.32 Å². The number of nitrogens with zero attached hydrogens (tertiary/aromatic N) is 3. The third-order valence-electron chi connectivity index (χ3n) is 4.57. The molecule has 124 valence electrons. The largest absolute Gasteiger partial charge is 0.361 e. The second-order valence-corrected chi connectivity index (χ2v) is 7.79. The normalized spacial score (nSPS) is 17.4. The van der Waals surface area contributed by atoms with Gasteiger partial charge in [-0.2, -0.15) is 0 Å². The van der Waals surface area contributed by atoms with Crippen molar-refractivity contribution in [2.75, 3.05) is 13.1 Å². The summed E-state index contributed by atoms with van der Waals surface area (Å²) in [5.41, 5.74) is 0.509. The quantitative estimate of drug-likeness (QED) is 0.858. The van der Waals surface area contributed by atoms with E-state index in [9.17, 15) is 4.79 Å². The Kier molecular flexibility index (Phi) is 4.53. The SMILES string of the molecule is CCCc1cc(C(=O)N2CCC(C)(c3ncc(C)s3)CC2)no1. The van der Waals surface area contributed by atoms with Crippen molar-refractivity contribution in [1.29, 1.82) is 0 Å². The minimum atomic E-state index is -0.0199. The highest BCUT2D eigenvalue weighted by Crippen LogP contribution is 2.37. The van der Waals surface area contributed by atoms with Gasteiger partial charge in [0.05, 0.1) is 5.01 Å². The van der Waals surface area contributed by atoms with Gasteiger partial charge >= 0.3 is 0 Å². The molecule has 5 nitrogen and oxygen atoms in total. The summed E-state index contributed by atoms with van der Waals surface area (Å²) in [7, 11) is 0.